The molecule has 12 nitrogen and oxygen atoms in total. The van der Waals surface area contributed by atoms with Gasteiger partial charge in [0.15, 0.2) is 0 Å². The number of hydrogen-bond donors (Lipinski definition) is 1. The molecule has 0 aromatic rings. The highest BCUT2D eigenvalue weighted by Crippen LogP contribution is 2.27. The van der Waals surface area contributed by atoms with Gasteiger partial charge in [-0.3, -0.25) is 14.4 Å². The highest BCUT2D eigenvalue weighted by Gasteiger charge is 2.36. The number of hydrogen-bond acceptors (Lipinski definition) is 13. The van der Waals surface area contributed by atoms with E-state index in [9.17, 15) is 28.8 Å². The molecule has 0 saturated heterocycles. The molecule has 0 unspecified atom stereocenters. The van der Waals surface area contributed by atoms with E-state index in [1.807, 2.05) is 0 Å². The van der Waals surface area contributed by atoms with Crippen molar-refractivity contribution >= 4 is 57.9 Å². The first kappa shape index (κ1) is 30.6. The first-order chi connectivity index (χ1) is 16.4. The summed E-state index contributed by atoms with van der Waals surface area (Å²) in [4.78, 5) is 71.1. The minimum atomic E-state index is -1.38. The Morgan fingerprint density at radius 2 is 1.40 bits per heavy atom. The van der Waals surface area contributed by atoms with Crippen LogP contribution in [0.2, 0.25) is 0 Å². The van der Waals surface area contributed by atoms with Gasteiger partial charge in [-0.05, 0) is 63.1 Å². The van der Waals surface area contributed by atoms with E-state index in [1.54, 1.807) is 0 Å². The van der Waals surface area contributed by atoms with Gasteiger partial charge >= 0.3 is 28.5 Å². The molecule has 0 aromatic carbocycles. The minimum Gasteiger partial charge on any atom is -0.461 e. The minimum absolute atomic E-state index is 0.214. The van der Waals surface area contributed by atoms with Crippen molar-refractivity contribution < 1.29 is 52.5 Å². The van der Waals surface area contributed by atoms with Gasteiger partial charge in [0.1, 0.15) is 12.1 Å². The lowest BCUT2D eigenvalue weighted by Gasteiger charge is -2.27. The predicted molar refractivity (Wildman–Crippen MR) is 125 cm³/mol. The smallest absolute Gasteiger partial charge is 0.371 e. The number of carbonyl (C=O) groups excluding carboxylic acids is 6. The van der Waals surface area contributed by atoms with Crippen LogP contribution in [0.3, 0.4) is 0 Å². The number of nitrogens with one attached hydrogen (secondary N) is 1. The van der Waals surface area contributed by atoms with Crippen LogP contribution in [-0.4, -0.2) is 70.6 Å². The molecule has 35 heavy (non-hydrogen) atoms. The Balaban J connectivity index is 2.74. The summed E-state index contributed by atoms with van der Waals surface area (Å²) in [5.41, 5.74) is 0. The van der Waals surface area contributed by atoms with Crippen LogP contribution < -0.4 is 5.32 Å². The first-order valence-corrected chi connectivity index (χ1v) is 12.6. The summed E-state index contributed by atoms with van der Waals surface area (Å²) in [5.74, 6) is -2.89. The fourth-order valence-electron chi connectivity index (χ4n) is 2.73. The van der Waals surface area contributed by atoms with Gasteiger partial charge in [-0.15, -0.1) is 0 Å². The van der Waals surface area contributed by atoms with E-state index >= 15 is 0 Å². The van der Waals surface area contributed by atoms with Crippen molar-refractivity contribution in [3.05, 3.63) is 0 Å². The van der Waals surface area contributed by atoms with Crippen molar-refractivity contribution in [3.8, 4) is 0 Å². The molecule has 1 saturated carbocycles. The Hall–Kier alpha value is -2.48. The van der Waals surface area contributed by atoms with Crippen LogP contribution in [0.15, 0.2) is 0 Å². The third-order valence-electron chi connectivity index (χ3n) is 4.56. The van der Waals surface area contributed by atoms with E-state index < -0.39 is 58.8 Å². The Bertz CT molecular complexity index is 781. The molecule has 1 aliphatic carbocycles. The lowest BCUT2D eigenvalue weighted by atomic mass is 9.98. The zero-order chi connectivity index (χ0) is 26.4. The molecule has 1 aliphatic rings. The maximum Gasteiger partial charge on any atom is 0.371 e. The average molecular weight is 538 g/mol. The van der Waals surface area contributed by atoms with Crippen molar-refractivity contribution in [2.75, 3.05) is 19.3 Å². The molecular weight excluding hydrogens is 506 g/mol. The van der Waals surface area contributed by atoms with Gasteiger partial charge in [-0.1, -0.05) is 6.42 Å². The summed E-state index contributed by atoms with van der Waals surface area (Å²) >= 11 is 1.12. The highest BCUT2D eigenvalue weighted by molar-refractivity contribution is 8.15. The van der Waals surface area contributed by atoms with Crippen molar-refractivity contribution in [1.82, 2.24) is 5.32 Å². The van der Waals surface area contributed by atoms with Crippen LogP contribution in [-0.2, 0) is 42.9 Å². The zero-order valence-corrected chi connectivity index (χ0v) is 21.8. The van der Waals surface area contributed by atoms with Gasteiger partial charge < -0.3 is 29.0 Å². The third-order valence-corrected chi connectivity index (χ3v) is 6.39. The van der Waals surface area contributed by atoms with Crippen molar-refractivity contribution in [1.29, 1.82) is 0 Å². The molecule has 14 heteroatoms. The molecule has 1 atom stereocenters. The van der Waals surface area contributed by atoms with Crippen LogP contribution in [0.1, 0.15) is 59.8 Å². The number of amides is 1. The number of ether oxygens (including phenoxy) is 5. The second-order valence-corrected chi connectivity index (χ2v) is 10.5. The lowest BCUT2D eigenvalue weighted by Crippen LogP contribution is -2.51. The second kappa shape index (κ2) is 15.5. The summed E-state index contributed by atoms with van der Waals surface area (Å²) in [5, 5.41) is 0.829. The maximum atomic E-state index is 12.9. The second-order valence-electron chi connectivity index (χ2n) is 7.94. The fourth-order valence-corrected chi connectivity index (χ4v) is 4.06. The third kappa shape index (κ3) is 13.3. The molecule has 198 valence electrons. The molecule has 1 N–H and O–H groups in total. The number of thioether (sulfide) groups is 2. The largest absolute Gasteiger partial charge is 0.461 e. The van der Waals surface area contributed by atoms with E-state index in [4.69, 9.17) is 14.2 Å². The lowest BCUT2D eigenvalue weighted by molar-refractivity contribution is -0.153. The molecule has 0 aliphatic heterocycles. The van der Waals surface area contributed by atoms with E-state index in [0.29, 0.717) is 36.4 Å². The topological polar surface area (TPSA) is 161 Å². The van der Waals surface area contributed by atoms with Gasteiger partial charge in [0.2, 0.25) is 19.5 Å². The van der Waals surface area contributed by atoms with Gasteiger partial charge in [-0.25, -0.2) is 14.4 Å². The molecule has 0 bridgehead atoms. The van der Waals surface area contributed by atoms with Crippen LogP contribution in [0, 0.1) is 0 Å². The predicted octanol–water partition coefficient (Wildman–Crippen LogP) is 2.91. The van der Waals surface area contributed by atoms with Crippen LogP contribution >= 0.6 is 23.5 Å². The maximum absolute atomic E-state index is 12.9. The first-order valence-electron chi connectivity index (χ1n) is 10.8. The fraction of sp³-hybridized carbons (Fsp3) is 0.714. The molecule has 1 rings (SSSR count). The van der Waals surface area contributed by atoms with Gasteiger partial charge in [0.05, 0.1) is 4.75 Å². The van der Waals surface area contributed by atoms with E-state index in [0.717, 1.165) is 33.1 Å². The SMILES string of the molecule is CC(=O)OCOC(=O)SC[C@H](NC(=O)C(C)(C)SC(=O)OCOC(C)=O)C(=O)OC1CCCCC1. The molecule has 0 aromatic heterocycles. The Morgan fingerprint density at radius 3 is 1.94 bits per heavy atom. The number of carbonyl (C=O) groups is 6. The van der Waals surface area contributed by atoms with Crippen molar-refractivity contribution in [3.63, 3.8) is 0 Å². The van der Waals surface area contributed by atoms with Gasteiger partial charge in [0.25, 0.3) is 0 Å². The molecule has 0 spiro atoms. The Kier molecular flexibility index (Phi) is 13.5. The number of rotatable bonds is 11. The normalized spacial score (nSPS) is 14.7. The summed E-state index contributed by atoms with van der Waals surface area (Å²) in [7, 11) is 0. The Morgan fingerprint density at radius 1 is 0.857 bits per heavy atom. The molecule has 1 amide bonds. The summed E-state index contributed by atoms with van der Waals surface area (Å²) in [6.45, 7) is 3.99. The van der Waals surface area contributed by atoms with Crippen LogP contribution in [0.4, 0.5) is 9.59 Å². The summed E-state index contributed by atoms with van der Waals surface area (Å²) in [6.07, 6.45) is 4.03. The molecule has 0 radical (unpaired) electrons. The highest BCUT2D eigenvalue weighted by atomic mass is 32.2. The number of esters is 3. The van der Waals surface area contributed by atoms with Crippen LogP contribution in [0.5, 0.6) is 0 Å². The van der Waals surface area contributed by atoms with Crippen molar-refractivity contribution in [2.24, 2.45) is 0 Å². The molecular formula is C21H31NO11S2. The molecule has 0 heterocycles. The van der Waals surface area contributed by atoms with Crippen molar-refractivity contribution in [2.45, 2.75) is 76.7 Å². The van der Waals surface area contributed by atoms with Crippen LogP contribution in [0.25, 0.3) is 0 Å². The monoisotopic (exact) mass is 537 g/mol. The summed E-state index contributed by atoms with van der Waals surface area (Å²) < 4.78 is 22.7. The van der Waals surface area contributed by atoms with Gasteiger partial charge in [0, 0.05) is 19.6 Å². The summed E-state index contributed by atoms with van der Waals surface area (Å²) in [6, 6.07) is -1.22. The Labute approximate surface area is 211 Å². The quantitative estimate of drug-likeness (QED) is 0.233. The zero-order valence-electron chi connectivity index (χ0n) is 20.1. The average Bonchev–Trinajstić information content (AvgIpc) is 2.76. The standard InChI is InChI=1S/C21H31NO11S2/c1-13(23)29-11-31-19(27)34-10-16(17(25)33-15-8-6-5-7-9-15)22-18(26)21(3,4)35-20(28)32-12-30-14(2)24/h15-16H,5-12H2,1-4H3,(H,22,26)/t16-/m0/s1. The van der Waals surface area contributed by atoms with E-state index in [1.165, 1.54) is 13.8 Å². The molecule has 1 fully saturated rings. The van der Waals surface area contributed by atoms with Gasteiger partial charge in [-0.2, -0.15) is 0 Å². The van der Waals surface area contributed by atoms with E-state index in [-0.39, 0.29) is 11.9 Å². The van der Waals surface area contributed by atoms with E-state index in [2.05, 4.69) is 14.8 Å².